The molecule has 1 N–H and O–H groups in total. The molecule has 7 nitrogen and oxygen atoms in total. The maximum Gasteiger partial charge on any atom is 0.264 e. The number of anilines is 1. The largest absolute Gasteiger partial charge is 0.318 e. The second-order valence-electron chi connectivity index (χ2n) is 8.54. The van der Waals surface area contributed by atoms with Crippen LogP contribution in [0.4, 0.5) is 5.69 Å². The Morgan fingerprint density at radius 2 is 1.62 bits per heavy atom. The molecule has 9 heteroatoms. The summed E-state index contributed by atoms with van der Waals surface area (Å²) in [6.07, 6.45) is 1.58. The number of para-hydroxylation sites is 1. The van der Waals surface area contributed by atoms with Crippen molar-refractivity contribution < 1.29 is 13.2 Å². The van der Waals surface area contributed by atoms with Crippen LogP contribution >= 0.6 is 22.6 Å². The highest BCUT2D eigenvalue weighted by molar-refractivity contribution is 14.1. The van der Waals surface area contributed by atoms with Crippen molar-refractivity contribution >= 4 is 50.4 Å². The third-order valence-electron chi connectivity index (χ3n) is 5.95. The van der Waals surface area contributed by atoms with Crippen LogP contribution in [0.1, 0.15) is 22.5 Å². The predicted octanol–water partition coefficient (Wildman–Crippen LogP) is 5.35. The summed E-state index contributed by atoms with van der Waals surface area (Å²) in [7, 11) is -3.97. The topological polar surface area (TPSA) is 83.8 Å². The number of hydrogen-bond acceptors (Lipinski definition) is 4. The van der Waals surface area contributed by atoms with Gasteiger partial charge in [-0.3, -0.25) is 9.10 Å². The van der Waals surface area contributed by atoms with Gasteiger partial charge in [0.2, 0.25) is 0 Å². The standard InChI is InChI=1S/C28H27IN4O3S/c1-20-9-7-8-12-27(20)33-21(2)17-23(22(33)3)18-30-31-28(34)19-32(25-15-13-24(29)14-16-25)37(35,36)26-10-5-4-6-11-26/h4-18H,19H2,1-3H3,(H,31,34)/b30-18-. The predicted molar refractivity (Wildman–Crippen MR) is 156 cm³/mol. The van der Waals surface area contributed by atoms with Crippen molar-refractivity contribution in [3.05, 3.63) is 111 Å². The Balaban J connectivity index is 1.55. The number of carbonyl (C=O) groups is 1. The minimum atomic E-state index is -3.97. The average molecular weight is 627 g/mol. The molecule has 0 aliphatic rings. The number of sulfonamides is 1. The number of aromatic nitrogens is 1. The third-order valence-corrected chi connectivity index (χ3v) is 8.46. The fourth-order valence-corrected chi connectivity index (χ4v) is 5.89. The normalized spacial score (nSPS) is 11.6. The average Bonchev–Trinajstić information content (AvgIpc) is 3.16. The van der Waals surface area contributed by atoms with Crippen LogP contribution in [-0.2, 0) is 14.8 Å². The highest BCUT2D eigenvalue weighted by Crippen LogP contribution is 2.25. The number of amides is 1. The zero-order valence-corrected chi connectivity index (χ0v) is 23.7. The van der Waals surface area contributed by atoms with Gasteiger partial charge in [0.1, 0.15) is 6.54 Å². The molecule has 0 spiro atoms. The molecule has 0 fully saturated rings. The minimum Gasteiger partial charge on any atom is -0.318 e. The molecule has 37 heavy (non-hydrogen) atoms. The van der Waals surface area contributed by atoms with Crippen LogP contribution < -0.4 is 9.73 Å². The van der Waals surface area contributed by atoms with E-state index in [0.717, 1.165) is 36.1 Å². The molecule has 4 aromatic rings. The Hall–Kier alpha value is -3.44. The van der Waals surface area contributed by atoms with Gasteiger partial charge in [-0.05, 0) is 97.5 Å². The summed E-state index contributed by atoms with van der Waals surface area (Å²) in [5.74, 6) is -0.554. The Morgan fingerprint density at radius 1 is 0.973 bits per heavy atom. The highest BCUT2D eigenvalue weighted by atomic mass is 127. The molecule has 0 aliphatic heterocycles. The lowest BCUT2D eigenvalue weighted by Crippen LogP contribution is -2.39. The number of hydrazone groups is 1. The van der Waals surface area contributed by atoms with Crippen LogP contribution in [0.2, 0.25) is 0 Å². The zero-order valence-electron chi connectivity index (χ0n) is 20.7. The van der Waals surface area contributed by atoms with Gasteiger partial charge in [-0.25, -0.2) is 13.8 Å². The van der Waals surface area contributed by atoms with Crippen molar-refractivity contribution in [2.24, 2.45) is 5.10 Å². The van der Waals surface area contributed by atoms with Gasteiger partial charge in [-0.15, -0.1) is 0 Å². The van der Waals surface area contributed by atoms with Crippen LogP contribution in [0.5, 0.6) is 0 Å². The summed E-state index contributed by atoms with van der Waals surface area (Å²) < 4.78 is 31.0. The fraction of sp³-hybridized carbons (Fsp3) is 0.143. The van der Waals surface area contributed by atoms with E-state index >= 15 is 0 Å². The maximum absolute atomic E-state index is 13.4. The van der Waals surface area contributed by atoms with Gasteiger partial charge < -0.3 is 4.57 Å². The number of benzene rings is 3. The molecule has 3 aromatic carbocycles. The summed E-state index contributed by atoms with van der Waals surface area (Å²) in [4.78, 5) is 13.0. The van der Waals surface area contributed by atoms with Crippen LogP contribution in [0.15, 0.2) is 94.9 Å². The summed E-state index contributed by atoms with van der Waals surface area (Å²) in [5, 5.41) is 4.13. The molecule has 190 valence electrons. The van der Waals surface area contributed by atoms with E-state index in [-0.39, 0.29) is 4.90 Å². The van der Waals surface area contributed by atoms with Gasteiger partial charge in [0.25, 0.3) is 15.9 Å². The molecule has 0 bridgehead atoms. The van der Waals surface area contributed by atoms with Gasteiger partial charge in [-0.2, -0.15) is 5.10 Å². The smallest absolute Gasteiger partial charge is 0.264 e. The van der Waals surface area contributed by atoms with E-state index < -0.39 is 22.5 Å². The molecule has 4 rings (SSSR count). The van der Waals surface area contributed by atoms with Crippen LogP contribution in [0.3, 0.4) is 0 Å². The number of carbonyl (C=O) groups excluding carboxylic acids is 1. The van der Waals surface area contributed by atoms with Gasteiger partial charge in [0, 0.05) is 26.2 Å². The van der Waals surface area contributed by atoms with Crippen molar-refractivity contribution in [2.45, 2.75) is 25.7 Å². The van der Waals surface area contributed by atoms with Crippen molar-refractivity contribution in [1.82, 2.24) is 9.99 Å². The van der Waals surface area contributed by atoms with Gasteiger partial charge >= 0.3 is 0 Å². The second-order valence-corrected chi connectivity index (χ2v) is 11.7. The molecule has 0 saturated heterocycles. The van der Waals surface area contributed by atoms with Crippen LogP contribution in [0, 0.1) is 24.3 Å². The first-order valence-corrected chi connectivity index (χ1v) is 14.1. The molecule has 1 heterocycles. The number of hydrogen-bond donors (Lipinski definition) is 1. The molecule has 0 unspecified atom stereocenters. The van der Waals surface area contributed by atoms with Crippen LogP contribution in [-0.4, -0.2) is 31.7 Å². The van der Waals surface area contributed by atoms with Gasteiger partial charge in [0.15, 0.2) is 0 Å². The van der Waals surface area contributed by atoms with Crippen molar-refractivity contribution in [3.63, 3.8) is 0 Å². The first-order valence-electron chi connectivity index (χ1n) is 11.6. The molecular weight excluding hydrogens is 599 g/mol. The van der Waals surface area contributed by atoms with E-state index in [1.165, 1.54) is 12.1 Å². The lowest BCUT2D eigenvalue weighted by Gasteiger charge is -2.23. The third kappa shape index (κ3) is 5.94. The first kappa shape index (κ1) is 26.6. The number of rotatable bonds is 8. The zero-order chi connectivity index (χ0) is 26.6. The van der Waals surface area contributed by atoms with E-state index in [9.17, 15) is 13.2 Å². The minimum absolute atomic E-state index is 0.105. The summed E-state index contributed by atoms with van der Waals surface area (Å²) in [5.41, 5.74) is 7.99. The molecular formula is C28H27IN4O3S. The summed E-state index contributed by atoms with van der Waals surface area (Å²) in [6, 6.07) is 25.1. The Morgan fingerprint density at radius 3 is 2.30 bits per heavy atom. The lowest BCUT2D eigenvalue weighted by molar-refractivity contribution is -0.119. The quantitative estimate of drug-likeness (QED) is 0.163. The molecule has 0 aliphatic carbocycles. The van der Waals surface area contributed by atoms with Crippen molar-refractivity contribution in [3.8, 4) is 5.69 Å². The van der Waals surface area contributed by atoms with E-state index in [2.05, 4.69) is 56.7 Å². The first-order chi connectivity index (χ1) is 17.7. The number of nitrogens with one attached hydrogen (secondary N) is 1. The van der Waals surface area contributed by atoms with Gasteiger partial charge in [0.05, 0.1) is 16.8 Å². The molecule has 0 atom stereocenters. The maximum atomic E-state index is 13.4. The van der Waals surface area contributed by atoms with E-state index in [1.54, 1.807) is 48.7 Å². The fourth-order valence-electron chi connectivity index (χ4n) is 4.09. The Labute approximate surface area is 231 Å². The number of nitrogens with zero attached hydrogens (tertiary/aromatic N) is 3. The van der Waals surface area contributed by atoms with E-state index in [4.69, 9.17) is 0 Å². The molecule has 1 amide bonds. The number of aryl methyl sites for hydroxylation is 2. The van der Waals surface area contributed by atoms with E-state index in [1.807, 2.05) is 32.0 Å². The SMILES string of the molecule is Cc1ccccc1-n1c(C)cc(/C=N\NC(=O)CN(c2ccc(I)cc2)S(=O)(=O)c2ccccc2)c1C. The summed E-state index contributed by atoms with van der Waals surface area (Å²) >= 11 is 2.15. The monoisotopic (exact) mass is 626 g/mol. The molecule has 0 saturated carbocycles. The van der Waals surface area contributed by atoms with Crippen molar-refractivity contribution in [2.75, 3.05) is 10.8 Å². The molecule has 0 radical (unpaired) electrons. The Bertz CT molecular complexity index is 1550. The Kier molecular flexibility index (Phi) is 8.13. The summed E-state index contributed by atoms with van der Waals surface area (Å²) in [6.45, 7) is 5.65. The van der Waals surface area contributed by atoms with Gasteiger partial charge in [-0.1, -0.05) is 36.4 Å². The van der Waals surface area contributed by atoms with Crippen LogP contribution in [0.25, 0.3) is 5.69 Å². The second kappa shape index (κ2) is 11.3. The lowest BCUT2D eigenvalue weighted by atomic mass is 10.2. The highest BCUT2D eigenvalue weighted by Gasteiger charge is 2.27. The van der Waals surface area contributed by atoms with Crippen molar-refractivity contribution in [1.29, 1.82) is 0 Å². The number of halogens is 1. The molecule has 1 aromatic heterocycles. The van der Waals surface area contributed by atoms with E-state index in [0.29, 0.717) is 5.69 Å².